The van der Waals surface area contributed by atoms with Crippen LogP contribution in [0.2, 0.25) is 0 Å². The first kappa shape index (κ1) is 17.0. The molecule has 2 aliphatic heterocycles. The minimum atomic E-state index is -0.0779. The molecule has 0 spiro atoms. The van der Waals surface area contributed by atoms with E-state index < -0.39 is 0 Å². The number of rotatable bonds is 2. The van der Waals surface area contributed by atoms with Crippen LogP contribution >= 0.6 is 0 Å². The summed E-state index contributed by atoms with van der Waals surface area (Å²) in [5.41, 5.74) is 2.91. The van der Waals surface area contributed by atoms with Gasteiger partial charge in [-0.15, -0.1) is 0 Å². The number of nitrogens with zero attached hydrogens (tertiary/aromatic N) is 2. The molecule has 2 saturated heterocycles. The lowest BCUT2D eigenvalue weighted by Gasteiger charge is -2.36. The van der Waals surface area contributed by atoms with Crippen LogP contribution in [0.4, 0.5) is 0 Å². The molecule has 1 aromatic carbocycles. The van der Waals surface area contributed by atoms with Crippen LogP contribution in [0, 0.1) is 19.8 Å². The molecule has 0 radical (unpaired) electrons. The van der Waals surface area contributed by atoms with Crippen molar-refractivity contribution >= 4 is 11.8 Å². The molecule has 0 N–H and O–H groups in total. The number of hydrogen-bond donors (Lipinski definition) is 0. The monoisotopic (exact) mass is 330 g/mol. The zero-order valence-electron chi connectivity index (χ0n) is 14.6. The van der Waals surface area contributed by atoms with Crippen molar-refractivity contribution in [3.63, 3.8) is 0 Å². The van der Waals surface area contributed by atoms with Crippen molar-refractivity contribution in [1.29, 1.82) is 0 Å². The van der Waals surface area contributed by atoms with Crippen molar-refractivity contribution in [2.45, 2.75) is 26.7 Å². The van der Waals surface area contributed by atoms with Crippen LogP contribution in [0.3, 0.4) is 0 Å². The van der Waals surface area contributed by atoms with E-state index in [1.165, 1.54) is 0 Å². The molecule has 1 atom stereocenters. The second kappa shape index (κ2) is 7.34. The number of ether oxygens (including phenoxy) is 1. The highest BCUT2D eigenvalue weighted by atomic mass is 16.5. The minimum Gasteiger partial charge on any atom is -0.378 e. The molecule has 0 aliphatic carbocycles. The van der Waals surface area contributed by atoms with Gasteiger partial charge < -0.3 is 14.5 Å². The average molecular weight is 330 g/mol. The standard InChI is InChI=1S/C19H26N2O3/c1-14-5-3-7-17(15(14)2)19(23)21-8-4-6-16(13-21)18(22)20-9-11-24-12-10-20/h3,5,7,16H,4,6,8-13H2,1-2H3. The first-order chi connectivity index (χ1) is 11.6. The van der Waals surface area contributed by atoms with Crippen molar-refractivity contribution in [3.05, 3.63) is 34.9 Å². The van der Waals surface area contributed by atoms with Gasteiger partial charge in [-0.05, 0) is 43.9 Å². The zero-order chi connectivity index (χ0) is 17.1. The van der Waals surface area contributed by atoms with E-state index in [0.29, 0.717) is 32.8 Å². The lowest BCUT2D eigenvalue weighted by molar-refractivity contribution is -0.141. The van der Waals surface area contributed by atoms with Crippen LogP contribution in [0.5, 0.6) is 0 Å². The van der Waals surface area contributed by atoms with E-state index in [1.807, 2.05) is 41.8 Å². The maximum absolute atomic E-state index is 12.9. The summed E-state index contributed by atoms with van der Waals surface area (Å²) in [6.07, 6.45) is 1.75. The molecule has 5 heteroatoms. The SMILES string of the molecule is Cc1cccc(C(=O)N2CCCC(C(=O)N3CCOCC3)C2)c1C. The molecule has 2 heterocycles. The van der Waals surface area contributed by atoms with Gasteiger partial charge in [0.05, 0.1) is 19.1 Å². The Hall–Kier alpha value is -1.88. The number of carbonyl (C=O) groups excluding carboxylic acids is 2. The molecular weight excluding hydrogens is 304 g/mol. The van der Waals surface area contributed by atoms with Crippen LogP contribution in [0.25, 0.3) is 0 Å². The molecule has 1 aromatic rings. The maximum atomic E-state index is 12.9. The summed E-state index contributed by atoms with van der Waals surface area (Å²) in [7, 11) is 0. The number of amides is 2. The Kier molecular flexibility index (Phi) is 5.19. The molecule has 0 bridgehead atoms. The van der Waals surface area contributed by atoms with Crippen molar-refractivity contribution in [2.24, 2.45) is 5.92 Å². The summed E-state index contributed by atoms with van der Waals surface area (Å²) in [5.74, 6) is 0.151. The number of morpholine rings is 1. The molecule has 130 valence electrons. The first-order valence-corrected chi connectivity index (χ1v) is 8.80. The zero-order valence-corrected chi connectivity index (χ0v) is 14.6. The number of benzene rings is 1. The summed E-state index contributed by atoms with van der Waals surface area (Å²) >= 11 is 0. The molecular formula is C19H26N2O3. The Morgan fingerprint density at radius 1 is 1.08 bits per heavy atom. The van der Waals surface area contributed by atoms with Crippen LogP contribution in [-0.2, 0) is 9.53 Å². The van der Waals surface area contributed by atoms with Crippen molar-refractivity contribution in [1.82, 2.24) is 9.80 Å². The van der Waals surface area contributed by atoms with Gasteiger partial charge in [0, 0.05) is 31.7 Å². The lowest BCUT2D eigenvalue weighted by Crippen LogP contribution is -2.49. The van der Waals surface area contributed by atoms with Gasteiger partial charge in [-0.3, -0.25) is 9.59 Å². The van der Waals surface area contributed by atoms with Crippen molar-refractivity contribution in [3.8, 4) is 0 Å². The summed E-state index contributed by atoms with van der Waals surface area (Å²) in [4.78, 5) is 29.4. The predicted octanol–water partition coefficient (Wildman–Crippen LogP) is 2.01. The molecule has 2 aliphatic rings. The van der Waals surface area contributed by atoms with Crippen molar-refractivity contribution in [2.75, 3.05) is 39.4 Å². The van der Waals surface area contributed by atoms with Crippen LogP contribution in [0.1, 0.15) is 34.3 Å². The van der Waals surface area contributed by atoms with Crippen molar-refractivity contribution < 1.29 is 14.3 Å². The molecule has 0 saturated carbocycles. The molecule has 0 aromatic heterocycles. The van der Waals surface area contributed by atoms with E-state index in [1.54, 1.807) is 0 Å². The number of aryl methyl sites for hydroxylation is 1. The van der Waals surface area contributed by atoms with E-state index in [4.69, 9.17) is 4.74 Å². The van der Waals surface area contributed by atoms with Gasteiger partial charge in [0.15, 0.2) is 0 Å². The number of hydrogen-bond acceptors (Lipinski definition) is 3. The fourth-order valence-corrected chi connectivity index (χ4v) is 3.56. The minimum absolute atomic E-state index is 0.0516. The van der Waals surface area contributed by atoms with E-state index >= 15 is 0 Å². The summed E-state index contributed by atoms with van der Waals surface area (Å²) < 4.78 is 5.32. The summed E-state index contributed by atoms with van der Waals surface area (Å²) in [6.45, 7) is 7.84. The highest BCUT2D eigenvalue weighted by Gasteiger charge is 2.32. The largest absolute Gasteiger partial charge is 0.378 e. The topological polar surface area (TPSA) is 49.9 Å². The molecule has 2 amide bonds. The Balaban J connectivity index is 1.69. The fraction of sp³-hybridized carbons (Fsp3) is 0.579. The number of likely N-dealkylation sites (tertiary alicyclic amines) is 1. The van der Waals surface area contributed by atoms with E-state index in [2.05, 4.69) is 0 Å². The van der Waals surface area contributed by atoms with E-state index in [-0.39, 0.29) is 17.7 Å². The Morgan fingerprint density at radius 2 is 1.83 bits per heavy atom. The van der Waals surface area contributed by atoms with Gasteiger partial charge in [-0.1, -0.05) is 12.1 Å². The summed E-state index contributed by atoms with van der Waals surface area (Å²) in [5, 5.41) is 0. The Morgan fingerprint density at radius 3 is 2.58 bits per heavy atom. The molecule has 3 rings (SSSR count). The van der Waals surface area contributed by atoms with Gasteiger partial charge in [0.1, 0.15) is 0 Å². The van der Waals surface area contributed by atoms with E-state index in [9.17, 15) is 9.59 Å². The van der Waals surface area contributed by atoms with Crippen LogP contribution in [-0.4, -0.2) is 61.0 Å². The quantitative estimate of drug-likeness (QED) is 0.833. The Labute approximate surface area is 143 Å². The summed E-state index contributed by atoms with van der Waals surface area (Å²) in [6, 6.07) is 5.83. The van der Waals surface area contributed by atoms with Crippen LogP contribution < -0.4 is 0 Å². The van der Waals surface area contributed by atoms with Crippen LogP contribution in [0.15, 0.2) is 18.2 Å². The lowest BCUT2D eigenvalue weighted by atomic mass is 9.94. The van der Waals surface area contributed by atoms with Gasteiger partial charge in [0.25, 0.3) is 5.91 Å². The predicted molar refractivity (Wildman–Crippen MR) is 91.9 cm³/mol. The molecule has 24 heavy (non-hydrogen) atoms. The second-order valence-corrected chi connectivity index (χ2v) is 6.78. The average Bonchev–Trinajstić information content (AvgIpc) is 2.63. The maximum Gasteiger partial charge on any atom is 0.254 e. The van der Waals surface area contributed by atoms with Gasteiger partial charge in [0.2, 0.25) is 5.91 Å². The van der Waals surface area contributed by atoms with E-state index in [0.717, 1.165) is 36.1 Å². The third kappa shape index (κ3) is 3.46. The van der Waals surface area contributed by atoms with Gasteiger partial charge >= 0.3 is 0 Å². The number of carbonyl (C=O) groups is 2. The second-order valence-electron chi connectivity index (χ2n) is 6.78. The highest BCUT2D eigenvalue weighted by Crippen LogP contribution is 2.23. The van der Waals surface area contributed by atoms with Gasteiger partial charge in [-0.2, -0.15) is 0 Å². The third-order valence-electron chi connectivity index (χ3n) is 5.22. The smallest absolute Gasteiger partial charge is 0.254 e. The third-order valence-corrected chi connectivity index (χ3v) is 5.22. The number of piperidine rings is 1. The molecule has 2 fully saturated rings. The highest BCUT2D eigenvalue weighted by molar-refractivity contribution is 5.96. The fourth-order valence-electron chi connectivity index (χ4n) is 3.56. The molecule has 5 nitrogen and oxygen atoms in total. The molecule has 1 unspecified atom stereocenters. The first-order valence-electron chi connectivity index (χ1n) is 8.80. The normalized spacial score (nSPS) is 21.7. The Bertz CT molecular complexity index is 623. The van der Waals surface area contributed by atoms with Gasteiger partial charge in [-0.25, -0.2) is 0 Å².